The van der Waals surface area contributed by atoms with Gasteiger partial charge in [0.25, 0.3) is 0 Å². The van der Waals surface area contributed by atoms with Crippen molar-refractivity contribution >= 4 is 39.9 Å². The second kappa shape index (κ2) is 12.4. The molecule has 6 rings (SSSR count). The molecule has 2 heterocycles. The number of carboxylic acids is 1. The summed E-state index contributed by atoms with van der Waals surface area (Å²) in [5.41, 5.74) is 6.37. The number of halogens is 1. The van der Waals surface area contributed by atoms with E-state index in [9.17, 15) is 14.7 Å². The van der Waals surface area contributed by atoms with Crippen molar-refractivity contribution in [3.63, 3.8) is 0 Å². The smallest absolute Gasteiger partial charge is 0.309 e. The summed E-state index contributed by atoms with van der Waals surface area (Å²) >= 11 is 6.20. The lowest BCUT2D eigenvalue weighted by molar-refractivity contribution is -0.146. The molecule has 1 aliphatic rings. The van der Waals surface area contributed by atoms with Gasteiger partial charge in [-0.25, -0.2) is 0 Å². The summed E-state index contributed by atoms with van der Waals surface area (Å²) < 4.78 is 8.72. The number of anilines is 1. The van der Waals surface area contributed by atoms with E-state index in [1.54, 1.807) is 20.8 Å². The van der Waals surface area contributed by atoms with Crippen LogP contribution in [0.2, 0.25) is 5.02 Å². The number of benzene rings is 4. The summed E-state index contributed by atoms with van der Waals surface area (Å²) in [6, 6.07) is 31.8. The highest BCUT2D eigenvalue weighted by Crippen LogP contribution is 2.37. The van der Waals surface area contributed by atoms with Crippen LogP contribution >= 0.6 is 11.6 Å². The second-order valence-electron chi connectivity index (χ2n) is 12.6. The number of carbonyl (C=O) groups excluding carboxylic acids is 1. The number of aromatic nitrogens is 1. The number of aliphatic carboxylic acids is 1. The number of hydrogen-bond acceptors (Lipinski definition) is 4. The molecule has 7 heteroatoms. The van der Waals surface area contributed by atoms with E-state index >= 15 is 0 Å². The van der Waals surface area contributed by atoms with Crippen molar-refractivity contribution < 1.29 is 19.4 Å². The van der Waals surface area contributed by atoms with E-state index in [0.717, 1.165) is 39.0 Å². The molecule has 1 aromatic heterocycles. The van der Waals surface area contributed by atoms with Crippen molar-refractivity contribution in [2.24, 2.45) is 5.41 Å². The molecule has 0 radical (unpaired) electrons. The number of fused-ring (bicyclic) bond motifs is 2. The summed E-state index contributed by atoms with van der Waals surface area (Å²) in [5, 5.41) is 15.3. The number of para-hydroxylation sites is 1. The summed E-state index contributed by atoms with van der Waals surface area (Å²) in [4.78, 5) is 25.3. The maximum atomic E-state index is 12.9. The number of carbonyl (C=O) groups is 2. The van der Waals surface area contributed by atoms with Gasteiger partial charge in [0.15, 0.2) is 11.9 Å². The number of Topliss-reactive ketones (excluding diaryl/α,β-unsaturated/α-hetero) is 1. The van der Waals surface area contributed by atoms with Crippen LogP contribution in [0.25, 0.3) is 10.9 Å². The van der Waals surface area contributed by atoms with E-state index in [0.29, 0.717) is 36.6 Å². The normalized spacial score (nSPS) is 15.0. The standard InChI is InChI=1S/C38H37ClN2O4/c1-24(42)36(33-20-27-11-7-8-12-32(27)40-33)45-29-17-18-34-31(21-29)30(19-25-9-5-4-6-10-25)35(22-38(2,3)37(43)44)41(34)23-26-13-15-28(39)16-14-26/h4-18,21,33,36,40H,19-20,22-23H2,1-3H3,(H,43,44)/t33?,36-/m1/s1. The van der Waals surface area contributed by atoms with Crippen LogP contribution in [0.5, 0.6) is 5.75 Å². The molecule has 0 spiro atoms. The molecule has 0 aliphatic carbocycles. The van der Waals surface area contributed by atoms with Crippen molar-refractivity contribution in [3.8, 4) is 5.75 Å². The Morgan fingerprint density at radius 2 is 1.69 bits per heavy atom. The first-order valence-corrected chi connectivity index (χ1v) is 15.6. The first-order valence-electron chi connectivity index (χ1n) is 15.3. The molecule has 5 aromatic rings. The van der Waals surface area contributed by atoms with Gasteiger partial charge in [-0.15, -0.1) is 0 Å². The summed E-state index contributed by atoms with van der Waals surface area (Å²) in [5.74, 6) is -0.300. The predicted octanol–water partition coefficient (Wildman–Crippen LogP) is 7.96. The zero-order valence-electron chi connectivity index (χ0n) is 25.7. The summed E-state index contributed by atoms with van der Waals surface area (Å²) in [6.07, 6.45) is 0.987. The van der Waals surface area contributed by atoms with Gasteiger partial charge in [0, 0.05) is 40.3 Å². The SMILES string of the molecule is CC(=O)[C@@H](Oc1ccc2c(c1)c(Cc1ccccc1)c(CC(C)(C)C(=O)O)n2Cc1ccc(Cl)cc1)C1Cc2ccccc2N1. The Morgan fingerprint density at radius 1 is 0.978 bits per heavy atom. The minimum atomic E-state index is -1.00. The Labute approximate surface area is 268 Å². The van der Waals surface area contributed by atoms with E-state index in [2.05, 4.69) is 28.1 Å². The Morgan fingerprint density at radius 3 is 2.38 bits per heavy atom. The molecule has 0 saturated carbocycles. The Balaban J connectivity index is 1.46. The van der Waals surface area contributed by atoms with Crippen molar-refractivity contribution in [1.29, 1.82) is 0 Å². The lowest BCUT2D eigenvalue weighted by Gasteiger charge is -2.23. The zero-order valence-corrected chi connectivity index (χ0v) is 26.5. The van der Waals surface area contributed by atoms with Crippen molar-refractivity contribution in [3.05, 3.63) is 130 Å². The molecule has 4 aromatic carbocycles. The number of hydrogen-bond donors (Lipinski definition) is 2. The van der Waals surface area contributed by atoms with Gasteiger partial charge in [-0.3, -0.25) is 9.59 Å². The highest BCUT2D eigenvalue weighted by atomic mass is 35.5. The van der Waals surface area contributed by atoms with Crippen molar-refractivity contribution in [1.82, 2.24) is 4.57 Å². The quantitative estimate of drug-likeness (QED) is 0.157. The second-order valence-corrected chi connectivity index (χ2v) is 13.0. The van der Waals surface area contributed by atoms with Gasteiger partial charge in [0.2, 0.25) is 0 Å². The number of rotatable bonds is 11. The minimum Gasteiger partial charge on any atom is -0.481 e. The van der Waals surface area contributed by atoms with Gasteiger partial charge < -0.3 is 19.7 Å². The van der Waals surface area contributed by atoms with Crippen LogP contribution in [0.1, 0.15) is 48.7 Å². The van der Waals surface area contributed by atoms with Crippen LogP contribution < -0.4 is 10.1 Å². The minimum absolute atomic E-state index is 0.0471. The molecule has 230 valence electrons. The third kappa shape index (κ3) is 6.47. The fraction of sp³-hybridized carbons (Fsp3) is 0.263. The number of nitrogens with one attached hydrogen (secondary N) is 1. The molecule has 1 aliphatic heterocycles. The number of ketones is 1. The van der Waals surface area contributed by atoms with Gasteiger partial charge in [-0.2, -0.15) is 0 Å². The van der Waals surface area contributed by atoms with Crippen LogP contribution in [-0.2, 0) is 35.4 Å². The van der Waals surface area contributed by atoms with Crippen LogP contribution in [0.15, 0.2) is 97.1 Å². The molecule has 1 unspecified atom stereocenters. The third-order valence-corrected chi connectivity index (χ3v) is 9.00. The molecule has 0 amide bonds. The van der Waals surface area contributed by atoms with Crippen LogP contribution in [-0.4, -0.2) is 33.6 Å². The largest absolute Gasteiger partial charge is 0.481 e. The molecule has 0 saturated heterocycles. The van der Waals surface area contributed by atoms with Crippen molar-refractivity contribution in [2.45, 2.75) is 58.7 Å². The Hall–Kier alpha value is -4.55. The maximum Gasteiger partial charge on any atom is 0.309 e. The average molecular weight is 621 g/mol. The topological polar surface area (TPSA) is 80.6 Å². The Bertz CT molecular complexity index is 1840. The molecule has 2 N–H and O–H groups in total. The lowest BCUT2D eigenvalue weighted by atomic mass is 9.85. The van der Waals surface area contributed by atoms with E-state index in [1.165, 1.54) is 5.56 Å². The lowest BCUT2D eigenvalue weighted by Crippen LogP contribution is -2.41. The van der Waals surface area contributed by atoms with E-state index in [4.69, 9.17) is 16.3 Å². The van der Waals surface area contributed by atoms with Gasteiger partial charge >= 0.3 is 5.97 Å². The van der Waals surface area contributed by atoms with E-state index in [-0.39, 0.29) is 11.8 Å². The predicted molar refractivity (Wildman–Crippen MR) is 180 cm³/mol. The number of ether oxygens (including phenoxy) is 1. The average Bonchev–Trinajstić information content (AvgIpc) is 3.56. The fourth-order valence-electron chi connectivity index (χ4n) is 6.28. The van der Waals surface area contributed by atoms with Gasteiger partial charge in [0.05, 0.1) is 11.5 Å². The molecule has 2 atom stereocenters. The van der Waals surface area contributed by atoms with Gasteiger partial charge in [0.1, 0.15) is 5.75 Å². The highest BCUT2D eigenvalue weighted by Gasteiger charge is 2.34. The number of carboxylic acid groups (broad SMARTS) is 1. The van der Waals surface area contributed by atoms with Crippen molar-refractivity contribution in [2.75, 3.05) is 5.32 Å². The van der Waals surface area contributed by atoms with E-state index in [1.807, 2.05) is 78.9 Å². The molecule has 0 bridgehead atoms. The monoisotopic (exact) mass is 620 g/mol. The molecular formula is C38H37ClN2O4. The summed E-state index contributed by atoms with van der Waals surface area (Å²) in [7, 11) is 0. The molecule has 6 nitrogen and oxygen atoms in total. The highest BCUT2D eigenvalue weighted by molar-refractivity contribution is 6.30. The maximum absolute atomic E-state index is 12.9. The van der Waals surface area contributed by atoms with Crippen LogP contribution in [0, 0.1) is 5.41 Å². The summed E-state index contributed by atoms with van der Waals surface area (Å²) in [6.45, 7) is 5.66. The first kappa shape index (κ1) is 30.5. The zero-order chi connectivity index (χ0) is 31.7. The molecule has 45 heavy (non-hydrogen) atoms. The van der Waals surface area contributed by atoms with Gasteiger partial charge in [-0.1, -0.05) is 72.3 Å². The number of nitrogens with zero attached hydrogens (tertiary/aromatic N) is 1. The van der Waals surface area contributed by atoms with Crippen LogP contribution in [0.4, 0.5) is 5.69 Å². The first-order chi connectivity index (χ1) is 21.6. The van der Waals surface area contributed by atoms with E-state index < -0.39 is 17.5 Å². The molecular weight excluding hydrogens is 584 g/mol. The van der Waals surface area contributed by atoms with Gasteiger partial charge in [-0.05, 0) is 92.3 Å². The third-order valence-electron chi connectivity index (χ3n) is 8.75. The Kier molecular flexibility index (Phi) is 8.43. The molecule has 0 fully saturated rings. The fourth-order valence-corrected chi connectivity index (χ4v) is 6.41. The van der Waals surface area contributed by atoms with Crippen LogP contribution in [0.3, 0.4) is 0 Å².